The lowest BCUT2D eigenvalue weighted by Gasteiger charge is -2.20. The van der Waals surface area contributed by atoms with Gasteiger partial charge in [-0.15, -0.1) is 0 Å². The molecule has 15 aromatic rings. The summed E-state index contributed by atoms with van der Waals surface area (Å²) in [5, 5.41) is 39.8. The third-order valence-corrected chi connectivity index (χ3v) is 20.5. The van der Waals surface area contributed by atoms with Gasteiger partial charge in [-0.2, -0.15) is 0 Å². The predicted molar refractivity (Wildman–Crippen MR) is 541 cm³/mol. The van der Waals surface area contributed by atoms with E-state index in [1.807, 2.05) is 121 Å². The third kappa shape index (κ3) is 27.9. The summed E-state index contributed by atoms with van der Waals surface area (Å²) < 4.78 is 40.1. The lowest BCUT2D eigenvalue weighted by molar-refractivity contribution is -0.118. The number of nitrogens with two attached hydrogens (primary N) is 2. The maximum atomic E-state index is 13.7. The third-order valence-electron chi connectivity index (χ3n) is 20.2. The number of nitrogens with zero attached hydrogens (tertiary/aromatic N) is 4. The van der Waals surface area contributed by atoms with E-state index in [0.717, 1.165) is 72.4 Å². The average molecular weight is 1970 g/mol. The number of halogens is 2. The second-order valence-corrected chi connectivity index (χ2v) is 35.5. The summed E-state index contributed by atoms with van der Waals surface area (Å²) in [7, 11) is 0. The Balaban J connectivity index is 0.000000176. The number of ether oxygens (including phenoxy) is 7. The Morgan fingerprint density at radius 3 is 0.986 bits per heavy atom. The zero-order valence-electron chi connectivity index (χ0n) is 78.1. The van der Waals surface area contributed by atoms with Gasteiger partial charge in [0.25, 0.3) is 45.9 Å². The van der Waals surface area contributed by atoms with Gasteiger partial charge in [-0.25, -0.2) is 43.9 Å². The fourth-order valence-corrected chi connectivity index (χ4v) is 14.5. The number of amides is 6. The van der Waals surface area contributed by atoms with Crippen LogP contribution in [0.1, 0.15) is 156 Å². The Bertz CT molecular complexity index is 7180. The van der Waals surface area contributed by atoms with Gasteiger partial charge in [-0.3, -0.25) is 38.4 Å². The quantitative estimate of drug-likeness (QED) is 0.0244. The molecule has 0 atom stereocenters. The molecule has 16 rings (SSSR count). The highest BCUT2D eigenvalue weighted by Crippen LogP contribution is 2.48. The SMILES string of the molecule is CC(C)(C)OC(=O)c1cc(C(=O)Nc2cccc(N)n2)cc(C(=O)Nc2cccc(N)n2)c1.CC(C)(C)OC(=O)c1cc(C(=O)O)cc(C(=O)O)c1.CC(C)(C)OC(=O)c1cc2cc(c1)C(=O)Nc1cccc(n1)NC(=O)COc1ccc3ccccc3c1-c1c(ccc3ccccc13)OCC(=O)Nc1cccc(n1)NC2=O.O=C(Cl)COc1ccc2ccccc2c1-c1c(OCC(=O)Cl)ccc2ccccc12. The van der Waals surface area contributed by atoms with Crippen molar-refractivity contribution in [2.45, 2.75) is 79.1 Å². The summed E-state index contributed by atoms with van der Waals surface area (Å²) >= 11 is 11.0. The van der Waals surface area contributed by atoms with E-state index in [1.54, 1.807) is 147 Å². The Kier molecular flexibility index (Phi) is 32.2. The van der Waals surface area contributed by atoms with Gasteiger partial charge >= 0.3 is 29.8 Å². The van der Waals surface area contributed by atoms with Crippen LogP contribution in [0.2, 0.25) is 0 Å². The highest BCUT2D eigenvalue weighted by atomic mass is 35.5. The normalized spacial score (nSPS) is 12.1. The number of aromatic carboxylic acids is 2. The second kappa shape index (κ2) is 45.0. The van der Waals surface area contributed by atoms with Gasteiger partial charge in [0.2, 0.25) is 0 Å². The molecule has 0 fully saturated rings. The molecule has 6 bridgehead atoms. The van der Waals surface area contributed by atoms with Crippen LogP contribution in [0.15, 0.2) is 273 Å². The number of pyridine rings is 4. The topological polar surface area (TPSA) is 503 Å². The number of rotatable bonds is 16. The van der Waals surface area contributed by atoms with Crippen LogP contribution in [0.25, 0.3) is 65.3 Å². The Morgan fingerprint density at radius 2 is 0.650 bits per heavy atom. The summed E-state index contributed by atoms with van der Waals surface area (Å²) in [5.74, 6) is -5.46. The molecule has 0 spiro atoms. The van der Waals surface area contributed by atoms with Crippen LogP contribution in [-0.2, 0) is 33.4 Å². The Morgan fingerprint density at radius 1 is 0.350 bits per heavy atom. The van der Waals surface area contributed by atoms with Crippen molar-refractivity contribution in [1.82, 2.24) is 19.9 Å². The Labute approximate surface area is 826 Å². The molecule has 0 aliphatic carbocycles. The zero-order valence-corrected chi connectivity index (χ0v) is 79.6. The van der Waals surface area contributed by atoms with E-state index in [0.29, 0.717) is 34.1 Å². The molecule has 12 N–H and O–H groups in total. The fourth-order valence-electron chi connectivity index (χ4n) is 14.4. The molecule has 11 aromatic carbocycles. The van der Waals surface area contributed by atoms with Gasteiger partial charge in [0.1, 0.15) is 86.3 Å². The minimum atomic E-state index is -1.31. The van der Waals surface area contributed by atoms with E-state index in [4.69, 9.17) is 78.0 Å². The van der Waals surface area contributed by atoms with Crippen molar-refractivity contribution in [3.8, 4) is 45.3 Å². The standard InChI is InChI=1S/C47H38N6O8.C24H16Cl2O4.C23H24N6O4.C13H14O6/c1-47(2,3)61-46(58)31-23-29-22-30(24-31)45(57)53-39-17-9-15-37(49-39)51-41(55)26-60-35-21-19-28-11-5-7-13-33(28)43(35)42-32-12-6-4-10-27(32)18-20-34(42)59-25-40(54)50-36-14-8-16-38(48-36)52-44(29)56;25-21(27)13-29-19-11-9-15-5-1-3-7-17(15)23(19)24-18-8-4-2-6-16(18)10-12-20(24)30-14-22(26)28;1-23(2,3)33-22(32)15-11-13(20(30)28-18-8-4-6-16(24)26-18)10-14(12-15)21(31)29-19-9-5-7-17(25)27-19;1-13(2,3)19-12(18)9-5-7(10(14)15)4-8(6-9)11(16)17/h4-24H,25-26H2,1-3H3,(H2,48,50,52,54,56)(H2,49,51,53,55,57);1-12H,13-14H2;4-12H,1-3H3,(H3,24,26,28,30)(H3,25,27,29,31);4-6H,1-3H3,(H,14,15)(H,16,17). The van der Waals surface area contributed by atoms with Gasteiger partial charge in [0, 0.05) is 44.5 Å². The number of carboxylic acids is 2. The van der Waals surface area contributed by atoms with Gasteiger partial charge in [-0.05, 0) is 256 Å². The van der Waals surface area contributed by atoms with Gasteiger partial charge in [0.15, 0.2) is 26.4 Å². The molecule has 5 heterocycles. The maximum Gasteiger partial charge on any atom is 0.338 e. The molecule has 4 aromatic heterocycles. The van der Waals surface area contributed by atoms with Crippen molar-refractivity contribution in [1.29, 1.82) is 0 Å². The van der Waals surface area contributed by atoms with Crippen LogP contribution in [0.3, 0.4) is 0 Å². The van der Waals surface area contributed by atoms with Crippen molar-refractivity contribution >= 4 is 189 Å². The molecule has 1 aliphatic heterocycles. The van der Waals surface area contributed by atoms with Crippen LogP contribution < -0.4 is 62.3 Å². The minimum Gasteiger partial charge on any atom is -0.484 e. The molecular formula is C107H92Cl2N12O22. The molecule has 0 saturated heterocycles. The van der Waals surface area contributed by atoms with Crippen LogP contribution in [0.4, 0.5) is 46.5 Å². The molecule has 6 amide bonds. The molecule has 34 nitrogen and oxygen atoms in total. The van der Waals surface area contributed by atoms with E-state index in [1.165, 1.54) is 48.5 Å². The molecule has 0 saturated carbocycles. The summed E-state index contributed by atoms with van der Waals surface area (Å²) in [6, 6.07) is 75.9. The largest absolute Gasteiger partial charge is 0.484 e. The number of carboxylic acid groups (broad SMARTS) is 2. The molecular weight excluding hydrogens is 1880 g/mol. The van der Waals surface area contributed by atoms with Crippen LogP contribution >= 0.6 is 23.2 Å². The first-order valence-corrected chi connectivity index (χ1v) is 44.6. The average Bonchev–Trinajstić information content (AvgIpc) is 0.753. The number of nitrogens with one attached hydrogen (secondary N) is 6. The summed E-state index contributed by atoms with van der Waals surface area (Å²) in [6.07, 6.45) is 0. The lowest BCUT2D eigenvalue weighted by Crippen LogP contribution is -2.25. The number of nitrogen functional groups attached to an aromatic ring is 2. The molecule has 1 aliphatic rings. The van der Waals surface area contributed by atoms with Gasteiger partial charge in [0.05, 0.1) is 27.8 Å². The molecule has 36 heteroatoms. The maximum absolute atomic E-state index is 13.7. The molecule has 726 valence electrons. The number of hydrogen-bond acceptors (Lipinski definition) is 26. The van der Waals surface area contributed by atoms with Crippen LogP contribution in [0, 0.1) is 0 Å². The van der Waals surface area contributed by atoms with E-state index in [-0.39, 0.29) is 110 Å². The first-order valence-electron chi connectivity index (χ1n) is 43.8. The lowest BCUT2D eigenvalue weighted by atomic mass is 9.92. The highest BCUT2D eigenvalue weighted by Gasteiger charge is 2.30. The van der Waals surface area contributed by atoms with Crippen LogP contribution in [0.5, 0.6) is 23.0 Å². The second-order valence-electron chi connectivity index (χ2n) is 34.6. The first-order chi connectivity index (χ1) is 68.0. The number of hydrogen-bond donors (Lipinski definition) is 10. The van der Waals surface area contributed by atoms with Crippen molar-refractivity contribution in [3.63, 3.8) is 0 Å². The first kappa shape index (κ1) is 102. The molecule has 0 radical (unpaired) electrons. The van der Waals surface area contributed by atoms with Crippen LogP contribution in [-0.4, -0.2) is 149 Å². The number of benzene rings is 11. The van der Waals surface area contributed by atoms with Crippen molar-refractivity contribution in [2.24, 2.45) is 0 Å². The summed E-state index contributed by atoms with van der Waals surface area (Å²) in [4.78, 5) is 179. The number of fused-ring (bicyclic) bond motifs is 15. The Hall–Kier alpha value is -18.1. The summed E-state index contributed by atoms with van der Waals surface area (Å²) in [6.45, 7) is 13.8. The van der Waals surface area contributed by atoms with Gasteiger partial charge < -0.3 is 86.7 Å². The molecule has 143 heavy (non-hydrogen) atoms. The number of esters is 3. The molecule has 0 unspecified atom stereocenters. The number of carbonyl (C=O) groups is 13. The monoisotopic (exact) mass is 1970 g/mol. The van der Waals surface area contributed by atoms with E-state index in [2.05, 4.69) is 51.8 Å². The van der Waals surface area contributed by atoms with Crippen molar-refractivity contribution < 1.29 is 106 Å². The van der Waals surface area contributed by atoms with E-state index >= 15 is 0 Å². The van der Waals surface area contributed by atoms with E-state index in [9.17, 15) is 62.3 Å². The number of anilines is 8. The summed E-state index contributed by atoms with van der Waals surface area (Å²) in [5.41, 5.74) is 11.0. The predicted octanol–water partition coefficient (Wildman–Crippen LogP) is 19.3. The number of carbonyl (C=O) groups excluding carboxylic acids is 11. The smallest absolute Gasteiger partial charge is 0.338 e. The highest BCUT2D eigenvalue weighted by molar-refractivity contribution is 6.64. The zero-order chi connectivity index (χ0) is 103. The van der Waals surface area contributed by atoms with E-state index < -0.39 is 106 Å². The van der Waals surface area contributed by atoms with Crippen molar-refractivity contribution in [3.05, 3.63) is 323 Å². The van der Waals surface area contributed by atoms with Gasteiger partial charge in [-0.1, -0.05) is 146 Å². The number of aromatic nitrogens is 4. The fraction of sp³-hybridized carbons (Fsp3) is 0.150. The van der Waals surface area contributed by atoms with Crippen molar-refractivity contribution in [2.75, 3.05) is 69.8 Å². The minimum absolute atomic E-state index is 0.0313.